The van der Waals surface area contributed by atoms with Crippen molar-refractivity contribution >= 4 is 15.5 Å². The van der Waals surface area contributed by atoms with Gasteiger partial charge in [0.2, 0.25) is 0 Å². The number of hydrogen-bond acceptors (Lipinski definition) is 4. The molecule has 0 atom stereocenters. The molecule has 4 rings (SSSR count). The number of anilines is 1. The monoisotopic (exact) mass is 447 g/mol. The molecule has 0 bridgehead atoms. The lowest BCUT2D eigenvalue weighted by Gasteiger charge is -2.31. The van der Waals surface area contributed by atoms with Gasteiger partial charge < -0.3 is 9.64 Å². The van der Waals surface area contributed by atoms with Gasteiger partial charge >= 0.3 is 6.18 Å². The first-order valence-electron chi connectivity index (χ1n) is 9.62. The Balaban J connectivity index is 1.52. The van der Waals surface area contributed by atoms with E-state index >= 15 is 0 Å². The molecule has 0 N–H and O–H groups in total. The topological polar surface area (TPSA) is 46.6 Å². The Morgan fingerprint density at radius 3 is 2.23 bits per heavy atom. The Morgan fingerprint density at radius 2 is 1.61 bits per heavy atom. The van der Waals surface area contributed by atoms with Gasteiger partial charge in [-0.2, -0.15) is 13.2 Å². The molecule has 162 valence electrons. The van der Waals surface area contributed by atoms with Gasteiger partial charge in [0.05, 0.1) is 10.5 Å². The van der Waals surface area contributed by atoms with E-state index in [-0.39, 0.29) is 4.90 Å². The molecule has 3 aromatic carbocycles. The summed E-state index contributed by atoms with van der Waals surface area (Å²) in [5, 5.41) is 0. The summed E-state index contributed by atoms with van der Waals surface area (Å²) >= 11 is 0. The number of alkyl halides is 3. The number of benzene rings is 3. The Bertz CT molecular complexity index is 1190. The predicted molar refractivity (Wildman–Crippen MR) is 112 cm³/mol. The van der Waals surface area contributed by atoms with Crippen LogP contribution in [0, 0.1) is 0 Å². The van der Waals surface area contributed by atoms with Crippen molar-refractivity contribution < 1.29 is 26.3 Å². The third-order valence-electron chi connectivity index (χ3n) is 5.26. The zero-order chi connectivity index (χ0) is 22.2. The summed E-state index contributed by atoms with van der Waals surface area (Å²) in [6.07, 6.45) is -2.51. The SMILES string of the molecule is CS(=O)(=O)c1ccc(N2CCc3c(cccc3Oc3ccc(C(F)(F)F)cc3)C2)cc1. The van der Waals surface area contributed by atoms with Crippen molar-refractivity contribution in [1.82, 2.24) is 0 Å². The maximum atomic E-state index is 12.8. The predicted octanol–water partition coefficient (Wildman–Crippen LogP) is 5.46. The van der Waals surface area contributed by atoms with Gasteiger partial charge in [0.15, 0.2) is 9.84 Å². The van der Waals surface area contributed by atoms with Crippen LogP contribution < -0.4 is 9.64 Å². The normalized spacial score (nSPS) is 14.3. The highest BCUT2D eigenvalue weighted by atomic mass is 32.2. The Hall–Kier alpha value is -3.00. The third kappa shape index (κ3) is 4.69. The number of rotatable bonds is 4. The molecule has 0 saturated heterocycles. The lowest BCUT2D eigenvalue weighted by Crippen LogP contribution is -2.30. The van der Waals surface area contributed by atoms with Crippen LogP contribution in [-0.2, 0) is 29.0 Å². The zero-order valence-corrected chi connectivity index (χ0v) is 17.5. The minimum atomic E-state index is -4.38. The van der Waals surface area contributed by atoms with Crippen molar-refractivity contribution in [3.63, 3.8) is 0 Å². The lowest BCUT2D eigenvalue weighted by molar-refractivity contribution is -0.137. The van der Waals surface area contributed by atoms with Crippen LogP contribution in [0.1, 0.15) is 16.7 Å². The quantitative estimate of drug-likeness (QED) is 0.533. The van der Waals surface area contributed by atoms with Crippen LogP contribution in [0.3, 0.4) is 0 Å². The van der Waals surface area contributed by atoms with Gasteiger partial charge in [-0.15, -0.1) is 0 Å². The largest absolute Gasteiger partial charge is 0.457 e. The van der Waals surface area contributed by atoms with Gasteiger partial charge in [-0.25, -0.2) is 8.42 Å². The van der Waals surface area contributed by atoms with Crippen LogP contribution in [0.2, 0.25) is 0 Å². The first-order chi connectivity index (χ1) is 14.6. The summed E-state index contributed by atoms with van der Waals surface area (Å²) in [6.45, 7) is 1.33. The van der Waals surface area contributed by atoms with Crippen LogP contribution in [-0.4, -0.2) is 21.2 Å². The van der Waals surface area contributed by atoms with Gasteiger partial charge in [0.1, 0.15) is 11.5 Å². The molecule has 0 aliphatic carbocycles. The molecule has 3 aromatic rings. The van der Waals surface area contributed by atoms with E-state index in [1.807, 2.05) is 18.2 Å². The number of hydrogen-bond donors (Lipinski definition) is 0. The second-order valence-corrected chi connectivity index (χ2v) is 9.47. The van der Waals surface area contributed by atoms with Gasteiger partial charge in [-0.3, -0.25) is 0 Å². The molecule has 0 unspecified atom stereocenters. The summed E-state index contributed by atoms with van der Waals surface area (Å²) in [4.78, 5) is 2.43. The van der Waals surface area contributed by atoms with Crippen LogP contribution in [0.5, 0.6) is 11.5 Å². The second-order valence-electron chi connectivity index (χ2n) is 7.46. The minimum absolute atomic E-state index is 0.279. The average Bonchev–Trinajstić information content (AvgIpc) is 2.73. The van der Waals surface area contributed by atoms with Crippen LogP contribution >= 0.6 is 0 Å². The highest BCUT2D eigenvalue weighted by Crippen LogP contribution is 2.35. The van der Waals surface area contributed by atoms with E-state index in [4.69, 9.17) is 4.74 Å². The average molecular weight is 447 g/mol. The van der Waals surface area contributed by atoms with Crippen molar-refractivity contribution in [1.29, 1.82) is 0 Å². The lowest BCUT2D eigenvalue weighted by atomic mass is 9.98. The number of fused-ring (bicyclic) bond motifs is 1. The fourth-order valence-electron chi connectivity index (χ4n) is 3.63. The Labute approximate surface area is 178 Å². The van der Waals surface area contributed by atoms with E-state index in [0.717, 1.165) is 28.9 Å². The molecular formula is C23H20F3NO3S. The summed E-state index contributed by atoms with van der Waals surface area (Å²) in [5.74, 6) is 0.976. The first kappa shape index (κ1) is 21.2. The first-order valence-corrected chi connectivity index (χ1v) is 11.5. The summed E-state index contributed by atoms with van der Waals surface area (Å²) < 4.78 is 67.5. The summed E-state index contributed by atoms with van der Waals surface area (Å²) in [7, 11) is -3.24. The van der Waals surface area contributed by atoms with Crippen molar-refractivity contribution in [3.05, 3.63) is 83.4 Å². The van der Waals surface area contributed by atoms with Crippen molar-refractivity contribution in [3.8, 4) is 11.5 Å². The Kier molecular flexibility index (Phi) is 5.43. The summed E-state index contributed by atoms with van der Waals surface area (Å²) in [5.41, 5.74) is 2.29. The molecular weight excluding hydrogens is 427 g/mol. The van der Waals surface area contributed by atoms with Crippen molar-refractivity contribution in [2.24, 2.45) is 0 Å². The molecule has 31 heavy (non-hydrogen) atoms. The van der Waals surface area contributed by atoms with Crippen LogP contribution in [0.25, 0.3) is 0 Å². The zero-order valence-electron chi connectivity index (χ0n) is 16.7. The van der Waals surface area contributed by atoms with Gasteiger partial charge in [-0.1, -0.05) is 12.1 Å². The van der Waals surface area contributed by atoms with Gasteiger partial charge in [-0.05, 0) is 66.6 Å². The maximum absolute atomic E-state index is 12.8. The maximum Gasteiger partial charge on any atom is 0.416 e. The highest BCUT2D eigenvalue weighted by Gasteiger charge is 2.30. The number of sulfone groups is 1. The number of ether oxygens (including phenoxy) is 1. The number of nitrogens with zero attached hydrogens (tertiary/aromatic N) is 1. The molecule has 0 aromatic heterocycles. The molecule has 0 fully saturated rings. The van der Waals surface area contributed by atoms with Crippen molar-refractivity contribution in [2.45, 2.75) is 24.0 Å². The molecule has 0 radical (unpaired) electrons. The van der Waals surface area contributed by atoms with Crippen molar-refractivity contribution in [2.75, 3.05) is 17.7 Å². The molecule has 1 aliphatic rings. The highest BCUT2D eigenvalue weighted by molar-refractivity contribution is 7.90. The summed E-state index contributed by atoms with van der Waals surface area (Å²) in [6, 6.07) is 17.1. The van der Waals surface area contributed by atoms with E-state index in [0.29, 0.717) is 31.0 Å². The van der Waals surface area contributed by atoms with E-state index in [1.54, 1.807) is 24.3 Å². The minimum Gasteiger partial charge on any atom is -0.457 e. The standard InChI is InChI=1S/C23H20F3NO3S/c1-31(28,29)20-11-7-18(8-12-20)27-14-13-21-16(15-27)3-2-4-22(21)30-19-9-5-17(6-10-19)23(24,25)26/h2-12H,13-15H2,1H3. The van der Waals surface area contributed by atoms with Gasteiger partial charge in [0, 0.05) is 30.6 Å². The second kappa shape index (κ2) is 7.92. The number of halogens is 3. The Morgan fingerprint density at radius 1 is 0.935 bits per heavy atom. The molecule has 8 heteroatoms. The molecule has 4 nitrogen and oxygen atoms in total. The van der Waals surface area contributed by atoms with Gasteiger partial charge in [0.25, 0.3) is 0 Å². The third-order valence-corrected chi connectivity index (χ3v) is 6.39. The van der Waals surface area contributed by atoms with E-state index in [2.05, 4.69) is 4.90 Å². The van der Waals surface area contributed by atoms with Crippen LogP contribution in [0.4, 0.5) is 18.9 Å². The fraction of sp³-hybridized carbons (Fsp3) is 0.217. The van der Waals surface area contributed by atoms with Crippen LogP contribution in [0.15, 0.2) is 71.6 Å². The smallest absolute Gasteiger partial charge is 0.416 e. The van der Waals surface area contributed by atoms with E-state index in [9.17, 15) is 21.6 Å². The molecule has 1 heterocycles. The fourth-order valence-corrected chi connectivity index (χ4v) is 4.26. The van der Waals surface area contributed by atoms with E-state index in [1.165, 1.54) is 18.4 Å². The molecule has 1 aliphatic heterocycles. The molecule has 0 spiro atoms. The molecule has 0 amide bonds. The molecule has 0 saturated carbocycles. The van der Waals surface area contributed by atoms with E-state index < -0.39 is 21.6 Å².